The molecule has 0 bridgehead atoms. The quantitative estimate of drug-likeness (QED) is 0.926. The summed E-state index contributed by atoms with van der Waals surface area (Å²) < 4.78 is 0. The Kier molecular flexibility index (Phi) is 3.68. The zero-order valence-electron chi connectivity index (χ0n) is 10.3. The van der Waals surface area contributed by atoms with Crippen LogP contribution in [0.3, 0.4) is 0 Å². The molecule has 2 nitrogen and oxygen atoms in total. The molecule has 1 unspecified atom stereocenters. The highest BCUT2D eigenvalue weighted by Gasteiger charge is 2.21. The molecule has 1 aliphatic heterocycles. The maximum Gasteiger partial charge on any atom is 0.0897 e. The molecule has 4 heteroatoms. The Morgan fingerprint density at radius 3 is 3.11 bits per heavy atom. The standard InChI is InChI=1S/C14H16N2S2/c1-10-16-8-12(18-10)7-15-6-11-9-17-14-5-3-2-4-13(11)14/h2-5,8,11,15H,6-7,9H2,1H3. The summed E-state index contributed by atoms with van der Waals surface area (Å²) in [5.41, 5.74) is 1.51. The molecule has 1 aromatic carbocycles. The van der Waals surface area contributed by atoms with E-state index in [2.05, 4.69) is 41.5 Å². The van der Waals surface area contributed by atoms with Crippen LogP contribution >= 0.6 is 23.1 Å². The summed E-state index contributed by atoms with van der Waals surface area (Å²) in [6, 6.07) is 8.76. The van der Waals surface area contributed by atoms with Gasteiger partial charge in [0.15, 0.2) is 0 Å². The Labute approximate surface area is 116 Å². The van der Waals surface area contributed by atoms with Gasteiger partial charge in [-0.3, -0.25) is 0 Å². The van der Waals surface area contributed by atoms with Crippen LogP contribution in [-0.2, 0) is 6.54 Å². The normalized spacial score (nSPS) is 17.9. The van der Waals surface area contributed by atoms with Crippen molar-refractivity contribution in [3.05, 3.63) is 45.9 Å². The average Bonchev–Trinajstić information content (AvgIpc) is 2.97. The van der Waals surface area contributed by atoms with Crippen molar-refractivity contribution >= 4 is 23.1 Å². The SMILES string of the molecule is Cc1ncc(CNCC2CSc3ccccc32)s1. The van der Waals surface area contributed by atoms with Gasteiger partial charge in [-0.1, -0.05) is 18.2 Å². The Morgan fingerprint density at radius 1 is 1.39 bits per heavy atom. The minimum Gasteiger partial charge on any atom is -0.311 e. The van der Waals surface area contributed by atoms with Crippen molar-refractivity contribution < 1.29 is 0 Å². The summed E-state index contributed by atoms with van der Waals surface area (Å²) in [5, 5.41) is 4.70. The summed E-state index contributed by atoms with van der Waals surface area (Å²) in [6.45, 7) is 4.05. The third kappa shape index (κ3) is 2.60. The minimum absolute atomic E-state index is 0.653. The van der Waals surface area contributed by atoms with Gasteiger partial charge >= 0.3 is 0 Å². The van der Waals surface area contributed by atoms with E-state index in [9.17, 15) is 0 Å². The van der Waals surface area contributed by atoms with Gasteiger partial charge < -0.3 is 5.32 Å². The highest BCUT2D eigenvalue weighted by atomic mass is 32.2. The van der Waals surface area contributed by atoms with Crippen LogP contribution in [0.5, 0.6) is 0 Å². The van der Waals surface area contributed by atoms with Crippen LogP contribution in [0.25, 0.3) is 0 Å². The zero-order valence-corrected chi connectivity index (χ0v) is 12.0. The Morgan fingerprint density at radius 2 is 2.28 bits per heavy atom. The smallest absolute Gasteiger partial charge is 0.0897 e. The van der Waals surface area contributed by atoms with E-state index in [1.54, 1.807) is 11.3 Å². The number of nitrogens with one attached hydrogen (secondary N) is 1. The molecule has 0 radical (unpaired) electrons. The monoisotopic (exact) mass is 276 g/mol. The van der Waals surface area contributed by atoms with Gasteiger partial charge in [0.25, 0.3) is 0 Å². The molecule has 3 rings (SSSR count). The number of aryl methyl sites for hydroxylation is 1. The van der Waals surface area contributed by atoms with Gasteiger partial charge in [-0.25, -0.2) is 4.98 Å². The van der Waals surface area contributed by atoms with Crippen LogP contribution in [0.1, 0.15) is 21.4 Å². The molecule has 94 valence electrons. The van der Waals surface area contributed by atoms with E-state index in [0.29, 0.717) is 5.92 Å². The molecule has 0 saturated heterocycles. The van der Waals surface area contributed by atoms with Crippen LogP contribution in [0, 0.1) is 6.92 Å². The van der Waals surface area contributed by atoms with Crippen molar-refractivity contribution in [1.82, 2.24) is 10.3 Å². The first-order chi connectivity index (χ1) is 8.83. The lowest BCUT2D eigenvalue weighted by molar-refractivity contribution is 0.625. The summed E-state index contributed by atoms with van der Waals surface area (Å²) in [5.74, 6) is 1.86. The van der Waals surface area contributed by atoms with E-state index >= 15 is 0 Å². The van der Waals surface area contributed by atoms with Gasteiger partial charge in [0.1, 0.15) is 0 Å². The predicted octanol–water partition coefficient (Wildman–Crippen LogP) is 3.43. The molecular weight excluding hydrogens is 260 g/mol. The number of nitrogens with zero attached hydrogens (tertiary/aromatic N) is 1. The van der Waals surface area contributed by atoms with Gasteiger partial charge in [-0.2, -0.15) is 0 Å². The van der Waals surface area contributed by atoms with Crippen molar-refractivity contribution in [2.24, 2.45) is 0 Å². The minimum atomic E-state index is 0.653. The molecule has 1 aromatic heterocycles. The van der Waals surface area contributed by atoms with Crippen LogP contribution in [0.15, 0.2) is 35.4 Å². The lowest BCUT2D eigenvalue weighted by Crippen LogP contribution is -2.20. The van der Waals surface area contributed by atoms with Crippen molar-refractivity contribution in [3.8, 4) is 0 Å². The van der Waals surface area contributed by atoms with Gasteiger partial charge in [0.2, 0.25) is 0 Å². The molecular formula is C14H16N2S2. The molecule has 1 N–H and O–H groups in total. The van der Waals surface area contributed by atoms with Crippen LogP contribution in [0.4, 0.5) is 0 Å². The van der Waals surface area contributed by atoms with Gasteiger partial charge in [0.05, 0.1) is 5.01 Å². The molecule has 0 fully saturated rings. The topological polar surface area (TPSA) is 24.9 Å². The van der Waals surface area contributed by atoms with E-state index in [-0.39, 0.29) is 0 Å². The highest BCUT2D eigenvalue weighted by Crippen LogP contribution is 2.38. The van der Waals surface area contributed by atoms with E-state index in [1.807, 2.05) is 18.0 Å². The first-order valence-electron chi connectivity index (χ1n) is 6.16. The van der Waals surface area contributed by atoms with Crippen LogP contribution in [0.2, 0.25) is 0 Å². The second-order valence-electron chi connectivity index (χ2n) is 4.52. The first-order valence-corrected chi connectivity index (χ1v) is 7.97. The van der Waals surface area contributed by atoms with E-state index < -0.39 is 0 Å². The third-order valence-corrected chi connectivity index (χ3v) is 5.32. The summed E-state index contributed by atoms with van der Waals surface area (Å²) >= 11 is 3.75. The third-order valence-electron chi connectivity index (χ3n) is 3.16. The number of rotatable bonds is 4. The maximum absolute atomic E-state index is 4.28. The maximum atomic E-state index is 4.28. The van der Waals surface area contributed by atoms with Crippen molar-refractivity contribution in [2.75, 3.05) is 12.3 Å². The number of benzene rings is 1. The molecule has 0 spiro atoms. The fourth-order valence-corrected chi connectivity index (χ4v) is 4.27. The van der Waals surface area contributed by atoms with Crippen molar-refractivity contribution in [3.63, 3.8) is 0 Å². The fourth-order valence-electron chi connectivity index (χ4n) is 2.25. The molecule has 18 heavy (non-hydrogen) atoms. The predicted molar refractivity (Wildman–Crippen MR) is 78.5 cm³/mol. The second-order valence-corrected chi connectivity index (χ2v) is 6.90. The van der Waals surface area contributed by atoms with Gasteiger partial charge in [-0.15, -0.1) is 23.1 Å². The summed E-state index contributed by atoms with van der Waals surface area (Å²) in [6.07, 6.45) is 1.98. The molecule has 0 saturated carbocycles. The number of hydrogen-bond donors (Lipinski definition) is 1. The number of thiazole rings is 1. The number of hydrogen-bond acceptors (Lipinski definition) is 4. The van der Waals surface area contributed by atoms with Gasteiger partial charge in [-0.05, 0) is 18.6 Å². The molecule has 1 aliphatic rings. The second kappa shape index (κ2) is 5.43. The molecule has 1 atom stereocenters. The molecule has 2 heterocycles. The van der Waals surface area contributed by atoms with E-state index in [0.717, 1.165) is 18.1 Å². The van der Waals surface area contributed by atoms with Crippen LogP contribution < -0.4 is 5.32 Å². The fraction of sp³-hybridized carbons (Fsp3) is 0.357. The summed E-state index contributed by atoms with van der Waals surface area (Å²) in [4.78, 5) is 7.06. The van der Waals surface area contributed by atoms with Crippen LogP contribution in [-0.4, -0.2) is 17.3 Å². The highest BCUT2D eigenvalue weighted by molar-refractivity contribution is 7.99. The van der Waals surface area contributed by atoms with Crippen molar-refractivity contribution in [1.29, 1.82) is 0 Å². The lowest BCUT2D eigenvalue weighted by Gasteiger charge is -2.11. The van der Waals surface area contributed by atoms with Crippen molar-refractivity contribution in [2.45, 2.75) is 24.3 Å². The lowest BCUT2D eigenvalue weighted by atomic mass is 10.0. The van der Waals surface area contributed by atoms with E-state index in [4.69, 9.17) is 0 Å². The summed E-state index contributed by atoms with van der Waals surface area (Å²) in [7, 11) is 0. The number of fused-ring (bicyclic) bond motifs is 1. The zero-order chi connectivity index (χ0) is 12.4. The molecule has 0 amide bonds. The molecule has 0 aliphatic carbocycles. The first kappa shape index (κ1) is 12.2. The average molecular weight is 276 g/mol. The Balaban J connectivity index is 1.56. The number of aromatic nitrogens is 1. The molecule has 2 aromatic rings. The van der Waals surface area contributed by atoms with Gasteiger partial charge in [0, 0.05) is 40.7 Å². The Hall–Kier alpha value is -0.840. The number of thioether (sulfide) groups is 1. The van der Waals surface area contributed by atoms with E-state index in [1.165, 1.54) is 21.1 Å². The largest absolute Gasteiger partial charge is 0.311 e. The Bertz CT molecular complexity index is 536.